The quantitative estimate of drug-likeness (QED) is 0.645. The van der Waals surface area contributed by atoms with Crippen molar-refractivity contribution in [3.05, 3.63) is 0 Å². The number of rotatable bonds is 4. The van der Waals surface area contributed by atoms with Crippen molar-refractivity contribution in [1.82, 2.24) is 4.31 Å². The molecule has 0 aromatic carbocycles. The molecule has 0 aliphatic rings. The van der Waals surface area contributed by atoms with E-state index in [1.807, 2.05) is 0 Å². The minimum absolute atomic E-state index is 0.176. The largest absolute Gasteiger partial charge is 0.392 e. The molecule has 0 saturated heterocycles. The summed E-state index contributed by atoms with van der Waals surface area (Å²) in [5.41, 5.74) is 0. The van der Waals surface area contributed by atoms with Gasteiger partial charge in [0.05, 0.1) is 12.4 Å². The highest BCUT2D eigenvalue weighted by Gasteiger charge is 2.13. The summed E-state index contributed by atoms with van der Waals surface area (Å²) in [6.07, 6.45) is 1.13. The predicted octanol–water partition coefficient (Wildman–Crippen LogP) is -0.351. The highest BCUT2D eigenvalue weighted by Crippen LogP contribution is 1.97. The molecule has 0 unspecified atom stereocenters. The lowest BCUT2D eigenvalue weighted by Gasteiger charge is -2.16. The van der Waals surface area contributed by atoms with Crippen molar-refractivity contribution in [3.63, 3.8) is 0 Å². The smallest absolute Gasteiger partial charge is 0.211 e. The molecule has 0 aliphatic heterocycles. The van der Waals surface area contributed by atoms with E-state index in [-0.39, 0.29) is 6.54 Å². The van der Waals surface area contributed by atoms with Crippen LogP contribution >= 0.6 is 0 Å². The molecule has 0 heterocycles. The number of aliphatic hydroxyl groups excluding tert-OH is 1. The third-order valence-electron chi connectivity index (χ3n) is 1.51. The van der Waals surface area contributed by atoms with Gasteiger partial charge in [-0.1, -0.05) is 6.92 Å². The van der Waals surface area contributed by atoms with Gasteiger partial charge in [-0.05, 0) is 6.42 Å². The van der Waals surface area contributed by atoms with Gasteiger partial charge in [-0.3, -0.25) is 0 Å². The normalized spacial score (nSPS) is 15.4. The van der Waals surface area contributed by atoms with Crippen LogP contribution in [0.25, 0.3) is 0 Å². The second-order valence-electron chi connectivity index (χ2n) is 2.61. The Balaban J connectivity index is 3.98. The van der Waals surface area contributed by atoms with Crippen LogP contribution in [-0.2, 0) is 10.0 Å². The van der Waals surface area contributed by atoms with Crippen LogP contribution in [0.3, 0.4) is 0 Å². The van der Waals surface area contributed by atoms with Gasteiger partial charge in [0.15, 0.2) is 0 Å². The Morgan fingerprint density at radius 2 is 2.00 bits per heavy atom. The summed E-state index contributed by atoms with van der Waals surface area (Å²) in [5.74, 6) is 0. The maximum Gasteiger partial charge on any atom is 0.211 e. The standard InChI is InChI=1S/C6H15NO3S/c1-4-6(8)5-7(2)11(3,9)10/h6,8H,4-5H2,1-3H3/t6-/m1/s1. The van der Waals surface area contributed by atoms with E-state index in [0.29, 0.717) is 6.42 Å². The molecule has 11 heavy (non-hydrogen) atoms. The van der Waals surface area contributed by atoms with E-state index in [1.54, 1.807) is 6.92 Å². The summed E-state index contributed by atoms with van der Waals surface area (Å²) in [4.78, 5) is 0. The monoisotopic (exact) mass is 181 g/mol. The molecule has 1 atom stereocenters. The first-order valence-corrected chi connectivity index (χ1v) is 5.32. The summed E-state index contributed by atoms with van der Waals surface area (Å²) in [5, 5.41) is 9.09. The van der Waals surface area contributed by atoms with Crippen molar-refractivity contribution in [2.45, 2.75) is 19.4 Å². The van der Waals surface area contributed by atoms with E-state index < -0.39 is 16.1 Å². The van der Waals surface area contributed by atoms with Crippen LogP contribution in [0.5, 0.6) is 0 Å². The lowest BCUT2D eigenvalue weighted by atomic mass is 10.3. The van der Waals surface area contributed by atoms with Crippen LogP contribution in [0, 0.1) is 0 Å². The van der Waals surface area contributed by atoms with E-state index in [1.165, 1.54) is 7.05 Å². The SMILES string of the molecule is CC[C@@H](O)CN(C)S(C)(=O)=O. The van der Waals surface area contributed by atoms with E-state index in [0.717, 1.165) is 10.6 Å². The lowest BCUT2D eigenvalue weighted by molar-refractivity contribution is 0.149. The molecule has 0 spiro atoms. The molecule has 0 aromatic heterocycles. The van der Waals surface area contributed by atoms with E-state index in [4.69, 9.17) is 5.11 Å². The minimum Gasteiger partial charge on any atom is -0.392 e. The summed E-state index contributed by atoms with van der Waals surface area (Å²) in [6, 6.07) is 0. The van der Waals surface area contributed by atoms with Crippen LogP contribution in [0.1, 0.15) is 13.3 Å². The van der Waals surface area contributed by atoms with Gasteiger partial charge >= 0.3 is 0 Å². The molecular weight excluding hydrogens is 166 g/mol. The molecule has 0 aliphatic carbocycles. The van der Waals surface area contributed by atoms with Crippen molar-refractivity contribution in [2.75, 3.05) is 19.8 Å². The van der Waals surface area contributed by atoms with Gasteiger partial charge in [-0.15, -0.1) is 0 Å². The maximum absolute atomic E-state index is 10.8. The average molecular weight is 181 g/mol. The van der Waals surface area contributed by atoms with Crippen LogP contribution in [0.2, 0.25) is 0 Å². The fourth-order valence-corrected chi connectivity index (χ4v) is 1.00. The second-order valence-corrected chi connectivity index (χ2v) is 4.69. The molecular formula is C6H15NO3S. The molecule has 1 N–H and O–H groups in total. The van der Waals surface area contributed by atoms with Gasteiger partial charge < -0.3 is 5.11 Å². The van der Waals surface area contributed by atoms with Crippen molar-refractivity contribution < 1.29 is 13.5 Å². The summed E-state index contributed by atoms with van der Waals surface area (Å²) >= 11 is 0. The van der Waals surface area contributed by atoms with Crippen molar-refractivity contribution in [1.29, 1.82) is 0 Å². The van der Waals surface area contributed by atoms with Gasteiger partial charge in [-0.25, -0.2) is 12.7 Å². The fraction of sp³-hybridized carbons (Fsp3) is 1.00. The summed E-state index contributed by atoms with van der Waals surface area (Å²) in [6.45, 7) is 1.98. The third kappa shape index (κ3) is 4.34. The zero-order valence-corrected chi connectivity index (χ0v) is 7.93. The highest BCUT2D eigenvalue weighted by atomic mass is 32.2. The molecule has 0 amide bonds. The Hall–Kier alpha value is -0.130. The van der Waals surface area contributed by atoms with Gasteiger partial charge in [-0.2, -0.15) is 0 Å². The average Bonchev–Trinajstić information content (AvgIpc) is 1.85. The van der Waals surface area contributed by atoms with Crippen LogP contribution in [-0.4, -0.2) is 43.8 Å². The Bertz CT molecular complexity index is 200. The van der Waals surface area contributed by atoms with Crippen molar-refractivity contribution in [3.8, 4) is 0 Å². The topological polar surface area (TPSA) is 57.6 Å². The number of hydrogen-bond acceptors (Lipinski definition) is 3. The number of hydrogen-bond donors (Lipinski definition) is 1. The number of sulfonamides is 1. The van der Waals surface area contributed by atoms with E-state index in [9.17, 15) is 8.42 Å². The zero-order valence-electron chi connectivity index (χ0n) is 7.11. The first kappa shape index (κ1) is 10.9. The zero-order chi connectivity index (χ0) is 9.07. The lowest BCUT2D eigenvalue weighted by Crippen LogP contribution is -2.33. The van der Waals surface area contributed by atoms with Crippen molar-refractivity contribution in [2.24, 2.45) is 0 Å². The van der Waals surface area contributed by atoms with E-state index >= 15 is 0 Å². The van der Waals surface area contributed by atoms with Gasteiger partial charge in [0.2, 0.25) is 10.0 Å². The molecule has 0 rings (SSSR count). The first-order valence-electron chi connectivity index (χ1n) is 3.47. The molecule has 0 saturated carbocycles. The molecule has 0 radical (unpaired) electrons. The molecule has 68 valence electrons. The Morgan fingerprint density at radius 1 is 1.55 bits per heavy atom. The van der Waals surface area contributed by atoms with Crippen molar-refractivity contribution >= 4 is 10.0 Å². The van der Waals surface area contributed by atoms with Gasteiger partial charge in [0.1, 0.15) is 0 Å². The maximum atomic E-state index is 10.8. The molecule has 0 aromatic rings. The van der Waals surface area contributed by atoms with Crippen LogP contribution in [0.4, 0.5) is 0 Å². The van der Waals surface area contributed by atoms with E-state index in [2.05, 4.69) is 0 Å². The Morgan fingerprint density at radius 3 is 2.27 bits per heavy atom. The van der Waals surface area contributed by atoms with Gasteiger partial charge in [0, 0.05) is 13.6 Å². The molecule has 4 nitrogen and oxygen atoms in total. The van der Waals surface area contributed by atoms with Crippen LogP contribution < -0.4 is 0 Å². The summed E-state index contributed by atoms with van der Waals surface area (Å²) < 4.78 is 22.7. The Kier molecular flexibility index (Phi) is 3.99. The minimum atomic E-state index is -3.13. The van der Waals surface area contributed by atoms with Crippen LogP contribution in [0.15, 0.2) is 0 Å². The molecule has 5 heteroatoms. The third-order valence-corrected chi connectivity index (χ3v) is 2.79. The second kappa shape index (κ2) is 4.04. The molecule has 0 fully saturated rings. The Labute approximate surface area is 67.9 Å². The number of nitrogens with zero attached hydrogens (tertiary/aromatic N) is 1. The summed E-state index contributed by atoms with van der Waals surface area (Å²) in [7, 11) is -1.68. The first-order chi connectivity index (χ1) is 4.88. The molecule has 0 bridgehead atoms. The number of aliphatic hydroxyl groups is 1. The predicted molar refractivity (Wildman–Crippen MR) is 43.8 cm³/mol. The fourth-order valence-electron chi connectivity index (χ4n) is 0.561. The highest BCUT2D eigenvalue weighted by molar-refractivity contribution is 7.88. The number of likely N-dealkylation sites (N-methyl/N-ethyl adjacent to an activating group) is 1. The van der Waals surface area contributed by atoms with Gasteiger partial charge in [0.25, 0.3) is 0 Å².